The maximum atomic E-state index is 12.3. The summed E-state index contributed by atoms with van der Waals surface area (Å²) in [6.45, 7) is 9.63. The van der Waals surface area contributed by atoms with Crippen molar-refractivity contribution in [3.8, 4) is 5.75 Å². The number of nitrogens with one attached hydrogen (secondary N) is 1. The molecule has 1 amide bonds. The lowest BCUT2D eigenvalue weighted by molar-refractivity contribution is 0.0919. The summed E-state index contributed by atoms with van der Waals surface area (Å²) in [7, 11) is 0. The van der Waals surface area contributed by atoms with Crippen molar-refractivity contribution in [2.24, 2.45) is 0 Å². The van der Waals surface area contributed by atoms with E-state index in [4.69, 9.17) is 9.15 Å². The molecule has 142 valence electrons. The first kappa shape index (κ1) is 18.8. The molecule has 0 saturated carbocycles. The Balaban J connectivity index is 1.55. The van der Waals surface area contributed by atoms with Crippen LogP contribution in [0.25, 0.3) is 0 Å². The number of hydrogen-bond acceptors (Lipinski definition) is 4. The van der Waals surface area contributed by atoms with Gasteiger partial charge in [0, 0.05) is 24.3 Å². The van der Waals surface area contributed by atoms with Crippen LogP contribution >= 0.6 is 0 Å². The maximum Gasteiger partial charge on any atom is 0.287 e. The molecule has 0 unspecified atom stereocenters. The van der Waals surface area contributed by atoms with Crippen molar-refractivity contribution in [3.05, 3.63) is 70.4 Å². The summed E-state index contributed by atoms with van der Waals surface area (Å²) in [6, 6.07) is 9.36. The number of aromatic nitrogens is 2. The highest BCUT2D eigenvalue weighted by molar-refractivity contribution is 5.91. The lowest BCUT2D eigenvalue weighted by Crippen LogP contribution is -2.22. The highest BCUT2D eigenvalue weighted by atomic mass is 16.5. The summed E-state index contributed by atoms with van der Waals surface area (Å²) >= 11 is 0. The Labute approximate surface area is 159 Å². The smallest absolute Gasteiger partial charge is 0.287 e. The van der Waals surface area contributed by atoms with E-state index in [-0.39, 0.29) is 18.3 Å². The summed E-state index contributed by atoms with van der Waals surface area (Å²) in [6.07, 6.45) is 1.78. The van der Waals surface area contributed by atoms with Crippen molar-refractivity contribution >= 4 is 5.91 Å². The molecular formula is C21H25N3O3. The van der Waals surface area contributed by atoms with Gasteiger partial charge in [0.05, 0.1) is 6.20 Å². The van der Waals surface area contributed by atoms with E-state index in [0.29, 0.717) is 12.3 Å². The molecule has 27 heavy (non-hydrogen) atoms. The highest BCUT2D eigenvalue weighted by Crippen LogP contribution is 2.18. The number of nitrogens with zero attached hydrogens (tertiary/aromatic N) is 2. The van der Waals surface area contributed by atoms with Crippen LogP contribution in [-0.4, -0.2) is 15.7 Å². The van der Waals surface area contributed by atoms with E-state index in [1.165, 1.54) is 11.1 Å². The second-order valence-corrected chi connectivity index (χ2v) is 6.55. The number of hydrogen-bond donors (Lipinski definition) is 1. The van der Waals surface area contributed by atoms with Gasteiger partial charge in [-0.1, -0.05) is 6.07 Å². The first-order valence-electron chi connectivity index (χ1n) is 9.06. The maximum absolute atomic E-state index is 12.3. The lowest BCUT2D eigenvalue weighted by Gasteiger charge is -2.07. The Morgan fingerprint density at radius 2 is 2.00 bits per heavy atom. The molecule has 3 rings (SSSR count). The van der Waals surface area contributed by atoms with Crippen LogP contribution in [0.4, 0.5) is 0 Å². The van der Waals surface area contributed by atoms with E-state index in [9.17, 15) is 4.79 Å². The molecule has 0 aliphatic carbocycles. The van der Waals surface area contributed by atoms with Crippen LogP contribution in [0.1, 0.15) is 45.6 Å². The molecular weight excluding hydrogens is 342 g/mol. The first-order chi connectivity index (χ1) is 13.0. The van der Waals surface area contributed by atoms with Crippen molar-refractivity contribution < 1.29 is 13.9 Å². The van der Waals surface area contributed by atoms with Gasteiger partial charge < -0.3 is 14.5 Å². The molecule has 2 heterocycles. The standard InChI is InChI=1S/C21H25N3O3/c1-5-24-16(4)17(12-23-24)11-22-21(25)20-9-8-19(27-20)13-26-18-7-6-14(2)15(3)10-18/h6-10,12H,5,11,13H2,1-4H3,(H,22,25). The minimum atomic E-state index is -0.254. The van der Waals surface area contributed by atoms with Crippen LogP contribution in [0.15, 0.2) is 40.9 Å². The largest absolute Gasteiger partial charge is 0.486 e. The van der Waals surface area contributed by atoms with Crippen molar-refractivity contribution in [2.45, 2.75) is 47.4 Å². The fourth-order valence-electron chi connectivity index (χ4n) is 2.78. The fraction of sp³-hybridized carbons (Fsp3) is 0.333. The SMILES string of the molecule is CCn1ncc(CNC(=O)c2ccc(COc3ccc(C)c(C)c3)o2)c1C. The van der Waals surface area contributed by atoms with Crippen LogP contribution in [0.3, 0.4) is 0 Å². The molecule has 6 heteroatoms. The molecule has 2 aromatic heterocycles. The molecule has 0 atom stereocenters. The molecule has 0 saturated heterocycles. The van der Waals surface area contributed by atoms with Gasteiger partial charge in [-0.15, -0.1) is 0 Å². The molecule has 0 aliphatic rings. The van der Waals surface area contributed by atoms with E-state index in [0.717, 1.165) is 23.6 Å². The van der Waals surface area contributed by atoms with Gasteiger partial charge in [-0.25, -0.2) is 0 Å². The number of benzene rings is 1. The number of amides is 1. The third kappa shape index (κ3) is 4.39. The molecule has 1 N–H and O–H groups in total. The summed E-state index contributed by atoms with van der Waals surface area (Å²) in [5, 5.41) is 7.15. The molecule has 0 radical (unpaired) electrons. The predicted molar refractivity (Wildman–Crippen MR) is 103 cm³/mol. The Hall–Kier alpha value is -3.02. The Morgan fingerprint density at radius 3 is 2.70 bits per heavy atom. The molecule has 1 aromatic carbocycles. The minimum absolute atomic E-state index is 0.254. The van der Waals surface area contributed by atoms with Crippen molar-refractivity contribution in [3.63, 3.8) is 0 Å². The lowest BCUT2D eigenvalue weighted by atomic mass is 10.1. The average molecular weight is 367 g/mol. The molecule has 6 nitrogen and oxygen atoms in total. The summed E-state index contributed by atoms with van der Waals surface area (Å²) in [4.78, 5) is 12.3. The number of rotatable bonds is 7. The van der Waals surface area contributed by atoms with Gasteiger partial charge in [-0.3, -0.25) is 9.48 Å². The average Bonchev–Trinajstić information content (AvgIpc) is 3.27. The van der Waals surface area contributed by atoms with Gasteiger partial charge in [-0.2, -0.15) is 5.10 Å². The second kappa shape index (κ2) is 8.12. The van der Waals surface area contributed by atoms with E-state index >= 15 is 0 Å². The van der Waals surface area contributed by atoms with Gasteiger partial charge in [0.25, 0.3) is 5.91 Å². The summed E-state index contributed by atoms with van der Waals surface area (Å²) in [5.74, 6) is 1.41. The summed E-state index contributed by atoms with van der Waals surface area (Å²) in [5.41, 5.74) is 4.45. The zero-order valence-corrected chi connectivity index (χ0v) is 16.2. The molecule has 0 spiro atoms. The number of carbonyl (C=O) groups is 1. The first-order valence-corrected chi connectivity index (χ1v) is 9.06. The predicted octanol–water partition coefficient (Wildman–Crippen LogP) is 3.93. The number of carbonyl (C=O) groups excluding carboxylic acids is 1. The molecule has 0 bridgehead atoms. The van der Waals surface area contributed by atoms with Crippen LogP contribution in [0.5, 0.6) is 5.75 Å². The molecule has 0 fully saturated rings. The van der Waals surface area contributed by atoms with E-state index in [1.807, 2.05) is 43.7 Å². The fourth-order valence-corrected chi connectivity index (χ4v) is 2.78. The van der Waals surface area contributed by atoms with Crippen molar-refractivity contribution in [1.29, 1.82) is 0 Å². The Kier molecular flexibility index (Phi) is 5.64. The van der Waals surface area contributed by atoms with Crippen LogP contribution < -0.4 is 10.1 Å². The Morgan fingerprint density at radius 1 is 1.19 bits per heavy atom. The van der Waals surface area contributed by atoms with Gasteiger partial charge >= 0.3 is 0 Å². The van der Waals surface area contributed by atoms with Crippen LogP contribution in [-0.2, 0) is 19.7 Å². The Bertz CT molecular complexity index is 940. The van der Waals surface area contributed by atoms with Crippen molar-refractivity contribution in [2.75, 3.05) is 0 Å². The normalized spacial score (nSPS) is 10.8. The van der Waals surface area contributed by atoms with Gasteiger partial charge in [-0.05, 0) is 63.1 Å². The van der Waals surface area contributed by atoms with Crippen LogP contribution in [0.2, 0.25) is 0 Å². The van der Waals surface area contributed by atoms with Gasteiger partial charge in [0.2, 0.25) is 0 Å². The van der Waals surface area contributed by atoms with Gasteiger partial charge in [0.15, 0.2) is 5.76 Å². The zero-order chi connectivity index (χ0) is 19.4. The molecule has 0 aliphatic heterocycles. The highest BCUT2D eigenvalue weighted by Gasteiger charge is 2.13. The quantitative estimate of drug-likeness (QED) is 0.687. The third-order valence-corrected chi connectivity index (χ3v) is 4.69. The number of furan rings is 1. The molecule has 3 aromatic rings. The zero-order valence-electron chi connectivity index (χ0n) is 16.2. The van der Waals surface area contributed by atoms with Gasteiger partial charge in [0.1, 0.15) is 18.1 Å². The number of ether oxygens (including phenoxy) is 1. The number of aryl methyl sites for hydroxylation is 3. The topological polar surface area (TPSA) is 69.3 Å². The second-order valence-electron chi connectivity index (χ2n) is 6.55. The minimum Gasteiger partial charge on any atom is -0.486 e. The van der Waals surface area contributed by atoms with Crippen LogP contribution in [0, 0.1) is 20.8 Å². The van der Waals surface area contributed by atoms with E-state index in [1.54, 1.807) is 18.3 Å². The van der Waals surface area contributed by atoms with Crippen molar-refractivity contribution in [1.82, 2.24) is 15.1 Å². The third-order valence-electron chi connectivity index (χ3n) is 4.69. The van der Waals surface area contributed by atoms with E-state index < -0.39 is 0 Å². The monoisotopic (exact) mass is 367 g/mol. The summed E-state index contributed by atoms with van der Waals surface area (Å²) < 4.78 is 13.3. The van der Waals surface area contributed by atoms with E-state index in [2.05, 4.69) is 17.3 Å².